The molecule has 8 nitrogen and oxygen atoms in total. The minimum absolute atomic E-state index is 0.0300. The van der Waals surface area contributed by atoms with Crippen molar-refractivity contribution in [1.82, 2.24) is 20.6 Å². The number of aromatic nitrogens is 4. The molecular formula is C15H17N7O. The van der Waals surface area contributed by atoms with Gasteiger partial charge in [0.2, 0.25) is 11.7 Å². The Hall–Kier alpha value is -3.21. The van der Waals surface area contributed by atoms with Crippen molar-refractivity contribution in [3.63, 3.8) is 0 Å². The molecule has 2 aromatic rings. The first kappa shape index (κ1) is 16.2. The summed E-state index contributed by atoms with van der Waals surface area (Å²) >= 11 is 0. The van der Waals surface area contributed by atoms with E-state index in [1.54, 1.807) is 0 Å². The van der Waals surface area contributed by atoms with Crippen molar-refractivity contribution in [2.45, 2.75) is 20.8 Å². The summed E-state index contributed by atoms with van der Waals surface area (Å²) in [6, 6.07) is 7.49. The predicted molar refractivity (Wildman–Crippen MR) is 86.0 cm³/mol. The topological polar surface area (TPSA) is 119 Å². The molecule has 0 atom stereocenters. The highest BCUT2D eigenvalue weighted by Crippen LogP contribution is 2.21. The Morgan fingerprint density at radius 1 is 1.43 bits per heavy atom. The quantitative estimate of drug-likeness (QED) is 0.727. The van der Waals surface area contributed by atoms with Gasteiger partial charge in [0.15, 0.2) is 0 Å². The van der Waals surface area contributed by atoms with Crippen LogP contribution in [0, 0.1) is 24.2 Å². The summed E-state index contributed by atoms with van der Waals surface area (Å²) in [5, 5.41) is 28.2. The second-order valence-electron chi connectivity index (χ2n) is 5.22. The molecule has 8 heteroatoms. The fraction of sp³-hybridized carbons (Fsp3) is 0.267. The van der Waals surface area contributed by atoms with E-state index in [0.717, 1.165) is 16.9 Å². The van der Waals surface area contributed by atoms with Gasteiger partial charge in [0.05, 0.1) is 0 Å². The molecule has 1 heterocycles. The standard InChI is InChI=1S/C15H17N7O/c1-9(2)15(23)18-13-5-4-12(6-10(13)3)17-8-11(7-16)14-19-21-22-20-14/h4-6,8-9,17H,1-3H3,(H,18,23)(H,19,20,21,22). The van der Waals surface area contributed by atoms with E-state index in [4.69, 9.17) is 5.26 Å². The number of amides is 1. The summed E-state index contributed by atoms with van der Waals surface area (Å²) in [4.78, 5) is 11.7. The Balaban J connectivity index is 2.12. The number of aryl methyl sites for hydroxylation is 1. The van der Waals surface area contributed by atoms with E-state index in [-0.39, 0.29) is 23.2 Å². The number of carbonyl (C=O) groups is 1. The van der Waals surface area contributed by atoms with Crippen LogP contribution in [0.2, 0.25) is 0 Å². The highest BCUT2D eigenvalue weighted by molar-refractivity contribution is 5.93. The number of nitrogens with one attached hydrogen (secondary N) is 3. The number of H-pyrrole nitrogens is 1. The van der Waals surface area contributed by atoms with Crippen molar-refractivity contribution < 1.29 is 4.79 Å². The number of aromatic amines is 1. The number of hydrogen-bond donors (Lipinski definition) is 3. The Morgan fingerprint density at radius 3 is 2.78 bits per heavy atom. The lowest BCUT2D eigenvalue weighted by Crippen LogP contribution is -2.18. The first-order valence-corrected chi connectivity index (χ1v) is 7.03. The number of benzene rings is 1. The normalized spacial score (nSPS) is 11.2. The van der Waals surface area contributed by atoms with E-state index in [1.165, 1.54) is 6.20 Å². The molecule has 0 saturated carbocycles. The van der Waals surface area contributed by atoms with Gasteiger partial charge in [-0.05, 0) is 35.9 Å². The van der Waals surface area contributed by atoms with Gasteiger partial charge in [-0.15, -0.1) is 10.2 Å². The SMILES string of the molecule is Cc1cc(NC=C(C#N)c2nn[nH]n2)ccc1NC(=O)C(C)C. The maximum Gasteiger partial charge on any atom is 0.226 e. The van der Waals surface area contributed by atoms with E-state index in [2.05, 4.69) is 31.3 Å². The molecule has 118 valence electrons. The molecule has 0 aliphatic carbocycles. The number of rotatable bonds is 5. The van der Waals surface area contributed by atoms with Crippen LogP contribution in [0.15, 0.2) is 24.4 Å². The number of carbonyl (C=O) groups excluding carboxylic acids is 1. The van der Waals surface area contributed by atoms with Gasteiger partial charge in [-0.2, -0.15) is 10.5 Å². The van der Waals surface area contributed by atoms with Gasteiger partial charge >= 0.3 is 0 Å². The van der Waals surface area contributed by atoms with Crippen LogP contribution < -0.4 is 10.6 Å². The molecule has 0 spiro atoms. The molecule has 0 bridgehead atoms. The Morgan fingerprint density at radius 2 is 2.22 bits per heavy atom. The van der Waals surface area contributed by atoms with Crippen molar-refractivity contribution in [3.05, 3.63) is 35.8 Å². The van der Waals surface area contributed by atoms with E-state index < -0.39 is 0 Å². The third-order valence-electron chi connectivity index (χ3n) is 3.10. The van der Waals surface area contributed by atoms with Crippen molar-refractivity contribution in [3.8, 4) is 6.07 Å². The van der Waals surface area contributed by atoms with Crippen molar-refractivity contribution in [1.29, 1.82) is 5.26 Å². The van der Waals surface area contributed by atoms with Gasteiger partial charge in [0.25, 0.3) is 0 Å². The van der Waals surface area contributed by atoms with Crippen LogP contribution in [0.3, 0.4) is 0 Å². The number of hydrogen-bond acceptors (Lipinski definition) is 6. The number of anilines is 2. The molecule has 0 saturated heterocycles. The first-order valence-electron chi connectivity index (χ1n) is 7.03. The largest absolute Gasteiger partial charge is 0.360 e. The second kappa shape index (κ2) is 7.17. The van der Waals surface area contributed by atoms with Gasteiger partial charge in [0.1, 0.15) is 11.6 Å². The summed E-state index contributed by atoms with van der Waals surface area (Å²) in [7, 11) is 0. The van der Waals surface area contributed by atoms with Crippen LogP contribution in [0.5, 0.6) is 0 Å². The smallest absolute Gasteiger partial charge is 0.226 e. The molecule has 1 aromatic heterocycles. The molecule has 0 aliphatic rings. The zero-order chi connectivity index (χ0) is 16.8. The van der Waals surface area contributed by atoms with Crippen LogP contribution in [-0.2, 0) is 4.79 Å². The summed E-state index contributed by atoms with van der Waals surface area (Å²) < 4.78 is 0. The lowest BCUT2D eigenvalue weighted by molar-refractivity contribution is -0.118. The van der Waals surface area contributed by atoms with E-state index in [0.29, 0.717) is 0 Å². The lowest BCUT2D eigenvalue weighted by atomic mass is 10.1. The highest BCUT2D eigenvalue weighted by Gasteiger charge is 2.09. The van der Waals surface area contributed by atoms with Gasteiger partial charge < -0.3 is 10.6 Å². The Labute approximate surface area is 133 Å². The predicted octanol–water partition coefficient (Wildman–Crippen LogP) is 2.08. The van der Waals surface area contributed by atoms with Crippen LogP contribution in [0.25, 0.3) is 5.57 Å². The van der Waals surface area contributed by atoms with Crippen LogP contribution in [-0.4, -0.2) is 26.5 Å². The Bertz CT molecular complexity index is 757. The van der Waals surface area contributed by atoms with Gasteiger partial charge in [-0.3, -0.25) is 4.79 Å². The monoisotopic (exact) mass is 311 g/mol. The maximum absolute atomic E-state index is 11.7. The third-order valence-corrected chi connectivity index (χ3v) is 3.10. The Kier molecular flexibility index (Phi) is 5.04. The molecule has 1 aromatic carbocycles. The van der Waals surface area contributed by atoms with Crippen molar-refractivity contribution in [2.75, 3.05) is 10.6 Å². The fourth-order valence-corrected chi connectivity index (χ4v) is 1.75. The molecule has 0 aliphatic heterocycles. The van der Waals surface area contributed by atoms with Gasteiger partial charge in [0, 0.05) is 23.5 Å². The maximum atomic E-state index is 11.7. The van der Waals surface area contributed by atoms with E-state index in [9.17, 15) is 4.79 Å². The van der Waals surface area contributed by atoms with Gasteiger partial charge in [-0.25, -0.2) is 0 Å². The highest BCUT2D eigenvalue weighted by atomic mass is 16.1. The molecule has 1 amide bonds. The summed E-state index contributed by atoms with van der Waals surface area (Å²) in [6.45, 7) is 5.58. The van der Waals surface area contributed by atoms with Crippen LogP contribution in [0.4, 0.5) is 11.4 Å². The minimum atomic E-state index is -0.0803. The van der Waals surface area contributed by atoms with Crippen LogP contribution >= 0.6 is 0 Å². The first-order chi connectivity index (χ1) is 11.0. The number of allylic oxidation sites excluding steroid dienone is 1. The zero-order valence-corrected chi connectivity index (χ0v) is 13.1. The average molecular weight is 311 g/mol. The molecule has 2 rings (SSSR count). The van der Waals surface area contributed by atoms with Crippen molar-refractivity contribution >= 4 is 22.9 Å². The van der Waals surface area contributed by atoms with E-state index in [1.807, 2.05) is 45.0 Å². The molecule has 0 unspecified atom stereocenters. The number of nitriles is 1. The molecule has 3 N–H and O–H groups in total. The molecule has 23 heavy (non-hydrogen) atoms. The summed E-state index contributed by atoms with van der Waals surface area (Å²) in [5.41, 5.74) is 2.71. The second-order valence-corrected chi connectivity index (χ2v) is 5.22. The summed E-state index contributed by atoms with van der Waals surface area (Å²) in [6.07, 6.45) is 1.51. The van der Waals surface area contributed by atoms with Gasteiger partial charge in [-0.1, -0.05) is 13.8 Å². The van der Waals surface area contributed by atoms with Crippen molar-refractivity contribution in [2.24, 2.45) is 5.92 Å². The average Bonchev–Trinajstić information content (AvgIpc) is 3.04. The van der Waals surface area contributed by atoms with E-state index >= 15 is 0 Å². The molecular weight excluding hydrogens is 294 g/mol. The lowest BCUT2D eigenvalue weighted by Gasteiger charge is -2.12. The third kappa shape index (κ3) is 4.14. The fourth-order valence-electron chi connectivity index (χ4n) is 1.75. The number of nitrogens with zero attached hydrogens (tertiary/aromatic N) is 4. The molecule has 0 radical (unpaired) electrons. The number of tetrazole rings is 1. The molecule has 0 fully saturated rings. The summed E-state index contributed by atoms with van der Waals surface area (Å²) in [5.74, 6) is 0.110. The zero-order valence-electron chi connectivity index (χ0n) is 13.1. The minimum Gasteiger partial charge on any atom is -0.360 e. The van der Waals surface area contributed by atoms with Crippen LogP contribution in [0.1, 0.15) is 25.2 Å².